The molecule has 0 bridgehead atoms. The number of nitrogens with zero attached hydrogens (tertiary/aromatic N) is 4. The van der Waals surface area contributed by atoms with E-state index in [0.29, 0.717) is 18.7 Å². The Morgan fingerprint density at radius 2 is 1.65 bits per heavy atom. The van der Waals surface area contributed by atoms with Gasteiger partial charge in [-0.15, -0.1) is 0 Å². The SMILES string of the molecule is CCC(C)C(C(=O)N1CCN(C)CC1)N1C(=O)c2ccccc2C1c1cn(C)c2ccccc12. The molecule has 0 spiro atoms. The van der Waals surface area contributed by atoms with Crippen LogP contribution in [0.15, 0.2) is 54.7 Å². The molecule has 3 aromatic rings. The van der Waals surface area contributed by atoms with Crippen LogP contribution in [0.2, 0.25) is 0 Å². The lowest BCUT2D eigenvalue weighted by Crippen LogP contribution is -2.57. The number of para-hydroxylation sites is 1. The number of fused-ring (bicyclic) bond motifs is 2. The predicted molar refractivity (Wildman–Crippen MR) is 135 cm³/mol. The summed E-state index contributed by atoms with van der Waals surface area (Å²) in [6, 6.07) is 15.4. The molecule has 178 valence electrons. The summed E-state index contributed by atoms with van der Waals surface area (Å²) in [5, 5.41) is 1.12. The number of aryl methyl sites for hydroxylation is 1. The van der Waals surface area contributed by atoms with E-state index in [0.717, 1.165) is 41.5 Å². The minimum Gasteiger partial charge on any atom is -0.350 e. The number of benzene rings is 2. The van der Waals surface area contributed by atoms with E-state index in [2.05, 4.69) is 48.7 Å². The topological polar surface area (TPSA) is 48.8 Å². The summed E-state index contributed by atoms with van der Waals surface area (Å²) < 4.78 is 2.12. The maximum atomic E-state index is 14.0. The summed E-state index contributed by atoms with van der Waals surface area (Å²) in [5.74, 6) is 0.0815. The third-order valence-electron chi connectivity index (χ3n) is 7.77. The van der Waals surface area contributed by atoms with Gasteiger partial charge in [0.15, 0.2) is 0 Å². The third-order valence-corrected chi connectivity index (χ3v) is 7.77. The lowest BCUT2D eigenvalue weighted by molar-refractivity contribution is -0.140. The summed E-state index contributed by atoms with van der Waals surface area (Å²) in [4.78, 5) is 34.1. The average Bonchev–Trinajstić information content (AvgIpc) is 3.34. The van der Waals surface area contributed by atoms with Crippen molar-refractivity contribution in [1.82, 2.24) is 19.3 Å². The number of piperazine rings is 1. The van der Waals surface area contributed by atoms with Crippen LogP contribution in [0.1, 0.15) is 47.8 Å². The summed E-state index contributed by atoms with van der Waals surface area (Å²) >= 11 is 0. The minimum atomic E-state index is -0.503. The quantitative estimate of drug-likeness (QED) is 0.583. The molecule has 3 heterocycles. The van der Waals surface area contributed by atoms with Crippen molar-refractivity contribution in [2.75, 3.05) is 33.2 Å². The number of amides is 2. The van der Waals surface area contributed by atoms with Crippen LogP contribution in [0.25, 0.3) is 10.9 Å². The van der Waals surface area contributed by atoms with Crippen LogP contribution in [-0.2, 0) is 11.8 Å². The molecule has 2 aliphatic rings. The average molecular weight is 459 g/mol. The zero-order chi connectivity index (χ0) is 24.0. The van der Waals surface area contributed by atoms with Gasteiger partial charge in [0, 0.05) is 61.5 Å². The Morgan fingerprint density at radius 1 is 0.971 bits per heavy atom. The Bertz CT molecular complexity index is 1220. The predicted octanol–water partition coefficient (Wildman–Crippen LogP) is 3.91. The summed E-state index contributed by atoms with van der Waals surface area (Å²) in [5.41, 5.74) is 3.90. The van der Waals surface area contributed by atoms with Gasteiger partial charge in [-0.2, -0.15) is 0 Å². The first kappa shape index (κ1) is 22.7. The number of hydrogen-bond donors (Lipinski definition) is 0. The molecule has 2 aliphatic heterocycles. The van der Waals surface area contributed by atoms with Gasteiger partial charge in [-0.05, 0) is 30.7 Å². The molecule has 0 N–H and O–H groups in total. The van der Waals surface area contributed by atoms with E-state index in [1.54, 1.807) is 0 Å². The van der Waals surface area contributed by atoms with Crippen LogP contribution in [0.3, 0.4) is 0 Å². The van der Waals surface area contributed by atoms with Crippen LogP contribution < -0.4 is 0 Å². The van der Waals surface area contributed by atoms with Crippen molar-refractivity contribution in [1.29, 1.82) is 0 Å². The van der Waals surface area contributed by atoms with E-state index in [9.17, 15) is 9.59 Å². The monoisotopic (exact) mass is 458 g/mol. The molecule has 1 saturated heterocycles. The van der Waals surface area contributed by atoms with E-state index in [1.165, 1.54) is 0 Å². The molecule has 2 aromatic carbocycles. The van der Waals surface area contributed by atoms with Gasteiger partial charge in [0.2, 0.25) is 5.91 Å². The second kappa shape index (κ2) is 8.91. The highest BCUT2D eigenvalue weighted by atomic mass is 16.2. The van der Waals surface area contributed by atoms with Gasteiger partial charge in [-0.3, -0.25) is 9.59 Å². The van der Waals surface area contributed by atoms with E-state index in [-0.39, 0.29) is 23.8 Å². The standard InChI is InChI=1S/C28H34N4O2/c1-5-19(2)25(28(34)31-16-14-29(3)15-17-31)32-26(21-11-6-7-12-22(21)27(32)33)23-18-30(4)24-13-9-8-10-20(23)24/h6-13,18-19,25-26H,5,14-17H2,1-4H3. The number of aromatic nitrogens is 1. The van der Waals surface area contributed by atoms with Crippen LogP contribution >= 0.6 is 0 Å². The van der Waals surface area contributed by atoms with Gasteiger partial charge in [0.05, 0.1) is 6.04 Å². The van der Waals surface area contributed by atoms with Crippen LogP contribution in [-0.4, -0.2) is 70.3 Å². The molecular weight excluding hydrogens is 424 g/mol. The second-order valence-electron chi connectivity index (χ2n) is 9.87. The second-order valence-corrected chi connectivity index (χ2v) is 9.87. The number of carbonyl (C=O) groups excluding carboxylic acids is 2. The molecule has 0 aliphatic carbocycles. The molecule has 5 rings (SSSR count). The lowest BCUT2D eigenvalue weighted by Gasteiger charge is -2.41. The Balaban J connectivity index is 1.65. The van der Waals surface area contributed by atoms with E-state index in [1.807, 2.05) is 53.2 Å². The van der Waals surface area contributed by atoms with Gasteiger partial charge in [0.25, 0.3) is 5.91 Å². The van der Waals surface area contributed by atoms with Gasteiger partial charge >= 0.3 is 0 Å². The highest BCUT2D eigenvalue weighted by molar-refractivity contribution is 6.03. The number of rotatable bonds is 5. The highest BCUT2D eigenvalue weighted by Crippen LogP contribution is 2.44. The van der Waals surface area contributed by atoms with Crippen molar-refractivity contribution in [2.24, 2.45) is 13.0 Å². The zero-order valence-corrected chi connectivity index (χ0v) is 20.6. The first-order valence-corrected chi connectivity index (χ1v) is 12.3. The Kier molecular flexibility index (Phi) is 5.94. The Hall–Kier alpha value is -3.12. The number of likely N-dealkylation sites (N-methyl/N-ethyl adjacent to an activating group) is 1. The first-order valence-electron chi connectivity index (χ1n) is 12.3. The molecule has 34 heavy (non-hydrogen) atoms. The smallest absolute Gasteiger partial charge is 0.255 e. The van der Waals surface area contributed by atoms with E-state index < -0.39 is 6.04 Å². The van der Waals surface area contributed by atoms with Gasteiger partial charge in [0.1, 0.15) is 6.04 Å². The van der Waals surface area contributed by atoms with Crippen LogP contribution in [0.4, 0.5) is 0 Å². The molecule has 3 atom stereocenters. The first-order chi connectivity index (χ1) is 16.4. The molecule has 0 radical (unpaired) electrons. The lowest BCUT2D eigenvalue weighted by atomic mass is 9.92. The Labute approximate surface area is 201 Å². The van der Waals surface area contributed by atoms with Gasteiger partial charge < -0.3 is 19.3 Å². The van der Waals surface area contributed by atoms with Crippen molar-refractivity contribution >= 4 is 22.7 Å². The molecular formula is C28H34N4O2. The fourth-order valence-electron chi connectivity index (χ4n) is 5.61. The molecule has 1 aromatic heterocycles. The van der Waals surface area contributed by atoms with Crippen molar-refractivity contribution in [3.8, 4) is 0 Å². The maximum absolute atomic E-state index is 14.0. The summed E-state index contributed by atoms with van der Waals surface area (Å²) in [7, 11) is 4.13. The summed E-state index contributed by atoms with van der Waals surface area (Å²) in [6.45, 7) is 7.34. The zero-order valence-electron chi connectivity index (χ0n) is 20.6. The third kappa shape index (κ3) is 3.61. The van der Waals surface area contributed by atoms with Crippen molar-refractivity contribution < 1.29 is 9.59 Å². The molecule has 6 heteroatoms. The summed E-state index contributed by atoms with van der Waals surface area (Å²) in [6.07, 6.45) is 2.96. The molecule has 2 amide bonds. The molecule has 6 nitrogen and oxygen atoms in total. The Morgan fingerprint density at radius 3 is 2.38 bits per heavy atom. The largest absolute Gasteiger partial charge is 0.350 e. The molecule has 0 saturated carbocycles. The van der Waals surface area contributed by atoms with Gasteiger partial charge in [-0.1, -0.05) is 56.7 Å². The fourth-order valence-corrected chi connectivity index (χ4v) is 5.61. The van der Waals surface area contributed by atoms with Crippen molar-refractivity contribution in [3.05, 3.63) is 71.4 Å². The number of hydrogen-bond acceptors (Lipinski definition) is 3. The van der Waals surface area contributed by atoms with Crippen molar-refractivity contribution in [2.45, 2.75) is 32.4 Å². The van der Waals surface area contributed by atoms with Crippen LogP contribution in [0.5, 0.6) is 0 Å². The van der Waals surface area contributed by atoms with Crippen molar-refractivity contribution in [3.63, 3.8) is 0 Å². The minimum absolute atomic E-state index is 0.0405. The van der Waals surface area contributed by atoms with E-state index >= 15 is 0 Å². The maximum Gasteiger partial charge on any atom is 0.255 e. The fraction of sp³-hybridized carbons (Fsp3) is 0.429. The molecule has 3 unspecified atom stereocenters. The van der Waals surface area contributed by atoms with Gasteiger partial charge in [-0.25, -0.2) is 0 Å². The van der Waals surface area contributed by atoms with Crippen LogP contribution in [0, 0.1) is 5.92 Å². The molecule has 1 fully saturated rings. The highest BCUT2D eigenvalue weighted by Gasteiger charge is 2.47. The number of carbonyl (C=O) groups is 2. The normalized spacial score (nSPS) is 20.6. The van der Waals surface area contributed by atoms with E-state index in [4.69, 9.17) is 0 Å².